The molecule has 0 bridgehead atoms. The lowest BCUT2D eigenvalue weighted by atomic mass is 10.1. The maximum Gasteiger partial charge on any atom is 0.0639 e. The molecule has 92 valence electrons. The molecule has 3 rings (SSSR count). The SMILES string of the molecule is Brc1ccc(N2CCN3CCOC[C@H]3C2)cc1. The molecule has 0 aliphatic carbocycles. The van der Waals surface area contributed by atoms with E-state index in [9.17, 15) is 0 Å². The Morgan fingerprint density at radius 2 is 1.94 bits per heavy atom. The molecule has 4 heteroatoms. The standard InChI is InChI=1S/C13H17BrN2O/c14-11-1-3-12(4-2-11)16-6-5-15-7-8-17-10-13(15)9-16/h1-4,13H,5-10H2/t13-/m1/s1. The normalized spacial score (nSPS) is 25.7. The van der Waals surface area contributed by atoms with Gasteiger partial charge in [0.05, 0.1) is 19.3 Å². The Labute approximate surface area is 110 Å². The lowest BCUT2D eigenvalue weighted by molar-refractivity contribution is -0.0116. The molecule has 0 aromatic heterocycles. The number of nitrogens with zero attached hydrogens (tertiary/aromatic N) is 2. The van der Waals surface area contributed by atoms with Gasteiger partial charge in [-0.05, 0) is 24.3 Å². The van der Waals surface area contributed by atoms with Crippen molar-refractivity contribution in [1.29, 1.82) is 0 Å². The third kappa shape index (κ3) is 2.49. The third-order valence-corrected chi connectivity index (χ3v) is 4.16. The summed E-state index contributed by atoms with van der Waals surface area (Å²) in [7, 11) is 0. The summed E-state index contributed by atoms with van der Waals surface area (Å²) in [5.41, 5.74) is 1.32. The van der Waals surface area contributed by atoms with Crippen LogP contribution >= 0.6 is 15.9 Å². The van der Waals surface area contributed by atoms with Crippen LogP contribution in [-0.4, -0.2) is 50.3 Å². The molecule has 1 aromatic rings. The first-order valence-corrected chi connectivity index (χ1v) is 6.94. The van der Waals surface area contributed by atoms with E-state index in [4.69, 9.17) is 4.74 Å². The fraction of sp³-hybridized carbons (Fsp3) is 0.538. The van der Waals surface area contributed by atoms with Gasteiger partial charge in [0.2, 0.25) is 0 Å². The molecule has 2 aliphatic rings. The van der Waals surface area contributed by atoms with Gasteiger partial charge >= 0.3 is 0 Å². The Morgan fingerprint density at radius 1 is 1.12 bits per heavy atom. The zero-order valence-electron chi connectivity index (χ0n) is 9.81. The Balaban J connectivity index is 1.71. The molecule has 2 saturated heterocycles. The maximum atomic E-state index is 5.57. The fourth-order valence-electron chi connectivity index (χ4n) is 2.63. The van der Waals surface area contributed by atoms with E-state index >= 15 is 0 Å². The Kier molecular flexibility index (Phi) is 3.36. The molecular formula is C13H17BrN2O. The van der Waals surface area contributed by atoms with E-state index < -0.39 is 0 Å². The smallest absolute Gasteiger partial charge is 0.0639 e. The average molecular weight is 297 g/mol. The number of piperazine rings is 1. The predicted octanol–water partition coefficient (Wildman–Crippen LogP) is 1.97. The molecule has 2 heterocycles. The first-order chi connectivity index (χ1) is 8.33. The monoisotopic (exact) mass is 296 g/mol. The van der Waals surface area contributed by atoms with Crippen molar-refractivity contribution in [2.75, 3.05) is 44.3 Å². The topological polar surface area (TPSA) is 15.7 Å². The first kappa shape index (κ1) is 11.5. The highest BCUT2D eigenvalue weighted by Gasteiger charge is 2.29. The summed E-state index contributed by atoms with van der Waals surface area (Å²) in [5.74, 6) is 0. The third-order valence-electron chi connectivity index (χ3n) is 3.63. The minimum Gasteiger partial charge on any atom is -0.378 e. The van der Waals surface area contributed by atoms with Crippen molar-refractivity contribution in [2.45, 2.75) is 6.04 Å². The van der Waals surface area contributed by atoms with Gasteiger partial charge in [0.25, 0.3) is 0 Å². The highest BCUT2D eigenvalue weighted by atomic mass is 79.9. The van der Waals surface area contributed by atoms with E-state index in [0.29, 0.717) is 6.04 Å². The number of hydrogen-bond donors (Lipinski definition) is 0. The molecule has 17 heavy (non-hydrogen) atoms. The van der Waals surface area contributed by atoms with E-state index in [1.807, 2.05) is 0 Å². The van der Waals surface area contributed by atoms with Crippen molar-refractivity contribution >= 4 is 21.6 Å². The van der Waals surface area contributed by atoms with E-state index in [1.54, 1.807) is 0 Å². The van der Waals surface area contributed by atoms with Gasteiger partial charge in [0.15, 0.2) is 0 Å². The highest BCUT2D eigenvalue weighted by Crippen LogP contribution is 2.22. The number of morpholine rings is 1. The second-order valence-electron chi connectivity index (χ2n) is 4.69. The van der Waals surface area contributed by atoms with E-state index in [1.165, 1.54) is 5.69 Å². The zero-order valence-corrected chi connectivity index (χ0v) is 11.4. The molecular weight excluding hydrogens is 280 g/mol. The van der Waals surface area contributed by atoms with Crippen LogP contribution in [0.15, 0.2) is 28.7 Å². The molecule has 1 atom stereocenters. The van der Waals surface area contributed by atoms with Crippen molar-refractivity contribution in [3.8, 4) is 0 Å². The van der Waals surface area contributed by atoms with Crippen LogP contribution in [0.1, 0.15) is 0 Å². The van der Waals surface area contributed by atoms with Crippen molar-refractivity contribution < 1.29 is 4.74 Å². The van der Waals surface area contributed by atoms with Gasteiger partial charge in [-0.25, -0.2) is 0 Å². The quantitative estimate of drug-likeness (QED) is 0.788. The second kappa shape index (κ2) is 4.96. The molecule has 0 radical (unpaired) electrons. The van der Waals surface area contributed by atoms with Crippen LogP contribution in [0.4, 0.5) is 5.69 Å². The van der Waals surface area contributed by atoms with Gasteiger partial charge in [0.1, 0.15) is 0 Å². The minimum absolute atomic E-state index is 0.571. The van der Waals surface area contributed by atoms with Crippen LogP contribution in [0, 0.1) is 0 Å². The summed E-state index contributed by atoms with van der Waals surface area (Å²) in [6, 6.07) is 9.16. The lowest BCUT2D eigenvalue weighted by Gasteiger charge is -2.44. The van der Waals surface area contributed by atoms with Crippen molar-refractivity contribution in [2.24, 2.45) is 0 Å². The Morgan fingerprint density at radius 3 is 2.76 bits per heavy atom. The number of ether oxygens (including phenoxy) is 1. The van der Waals surface area contributed by atoms with E-state index in [0.717, 1.165) is 43.9 Å². The second-order valence-corrected chi connectivity index (χ2v) is 5.60. The number of rotatable bonds is 1. The predicted molar refractivity (Wildman–Crippen MR) is 72.5 cm³/mol. The van der Waals surface area contributed by atoms with Gasteiger partial charge in [-0.15, -0.1) is 0 Å². The Bertz CT molecular complexity index is 382. The number of halogens is 1. The van der Waals surface area contributed by atoms with Gasteiger partial charge in [0, 0.05) is 36.3 Å². The van der Waals surface area contributed by atoms with Crippen molar-refractivity contribution in [3.63, 3.8) is 0 Å². The van der Waals surface area contributed by atoms with Crippen LogP contribution in [0.25, 0.3) is 0 Å². The van der Waals surface area contributed by atoms with Gasteiger partial charge in [-0.1, -0.05) is 15.9 Å². The largest absolute Gasteiger partial charge is 0.378 e. The molecule has 3 nitrogen and oxygen atoms in total. The number of fused-ring (bicyclic) bond motifs is 1. The molecule has 0 saturated carbocycles. The summed E-state index contributed by atoms with van der Waals surface area (Å²) in [5, 5.41) is 0. The summed E-state index contributed by atoms with van der Waals surface area (Å²) in [6.45, 7) is 6.24. The molecule has 1 aromatic carbocycles. The average Bonchev–Trinajstić information content (AvgIpc) is 2.39. The summed E-state index contributed by atoms with van der Waals surface area (Å²) >= 11 is 3.48. The zero-order chi connectivity index (χ0) is 11.7. The van der Waals surface area contributed by atoms with Gasteiger partial charge < -0.3 is 9.64 Å². The van der Waals surface area contributed by atoms with Crippen LogP contribution < -0.4 is 4.90 Å². The first-order valence-electron chi connectivity index (χ1n) is 6.15. The minimum atomic E-state index is 0.571. The molecule has 0 spiro atoms. The number of anilines is 1. The van der Waals surface area contributed by atoms with Crippen LogP contribution in [0.2, 0.25) is 0 Å². The van der Waals surface area contributed by atoms with Crippen molar-refractivity contribution in [1.82, 2.24) is 4.90 Å². The molecule has 0 unspecified atom stereocenters. The summed E-state index contributed by atoms with van der Waals surface area (Å²) in [6.07, 6.45) is 0. The fourth-order valence-corrected chi connectivity index (χ4v) is 2.90. The summed E-state index contributed by atoms with van der Waals surface area (Å²) < 4.78 is 6.71. The van der Waals surface area contributed by atoms with E-state index in [2.05, 4.69) is 50.0 Å². The Hall–Kier alpha value is -0.580. The molecule has 0 N–H and O–H groups in total. The van der Waals surface area contributed by atoms with Crippen LogP contribution in [0.5, 0.6) is 0 Å². The summed E-state index contributed by atoms with van der Waals surface area (Å²) in [4.78, 5) is 5.02. The number of benzene rings is 1. The van der Waals surface area contributed by atoms with Gasteiger partial charge in [-0.2, -0.15) is 0 Å². The highest BCUT2D eigenvalue weighted by molar-refractivity contribution is 9.10. The molecule has 0 amide bonds. The molecule has 2 fully saturated rings. The van der Waals surface area contributed by atoms with Crippen molar-refractivity contribution in [3.05, 3.63) is 28.7 Å². The van der Waals surface area contributed by atoms with Crippen LogP contribution in [-0.2, 0) is 4.74 Å². The van der Waals surface area contributed by atoms with Crippen LogP contribution in [0.3, 0.4) is 0 Å². The maximum absolute atomic E-state index is 5.57. The van der Waals surface area contributed by atoms with Gasteiger partial charge in [-0.3, -0.25) is 4.90 Å². The van der Waals surface area contributed by atoms with E-state index in [-0.39, 0.29) is 0 Å². The lowest BCUT2D eigenvalue weighted by Crippen LogP contribution is -2.58. The number of hydrogen-bond acceptors (Lipinski definition) is 3. The molecule has 2 aliphatic heterocycles.